The molecule has 0 aliphatic rings. The Morgan fingerprint density at radius 1 is 1.20 bits per heavy atom. The Morgan fingerprint density at radius 3 is 2.76 bits per heavy atom. The lowest BCUT2D eigenvalue weighted by molar-refractivity contribution is 0.224. The molecule has 0 aliphatic carbocycles. The number of rotatable bonds is 7. The monoisotopic (exact) mass is 393 g/mol. The molecule has 0 fully saturated rings. The van der Waals surface area contributed by atoms with E-state index in [1.165, 1.54) is 22.7 Å². The third-order valence-electron chi connectivity index (χ3n) is 3.72. The van der Waals surface area contributed by atoms with Crippen molar-refractivity contribution < 1.29 is 13.5 Å². The average Bonchev–Trinajstić information content (AvgIpc) is 3.24. The third kappa shape index (κ3) is 4.99. The van der Waals surface area contributed by atoms with Crippen molar-refractivity contribution in [3.05, 3.63) is 79.7 Å². The third-order valence-corrected chi connectivity index (χ3v) is 6.85. The van der Waals surface area contributed by atoms with Gasteiger partial charge in [-0.05, 0) is 47.0 Å². The van der Waals surface area contributed by atoms with Crippen LogP contribution in [0, 0.1) is 6.92 Å². The maximum atomic E-state index is 12.3. The second kappa shape index (κ2) is 7.80. The highest BCUT2D eigenvalue weighted by Gasteiger charge is 2.15. The summed E-state index contributed by atoms with van der Waals surface area (Å²) in [6.07, 6.45) is -0.658. The molecule has 0 saturated carbocycles. The molecule has 3 rings (SSSR count). The highest BCUT2D eigenvalue weighted by molar-refractivity contribution is 7.88. The standard InChI is InChI=1S/C18H19NO3S3/c1-13-3-2-4-14(9-13)12-25(21,22)19-10-16-5-6-17(24-16)18(20)15-7-8-23-11-15/h2-9,11,18-20H,10,12H2,1H3. The summed E-state index contributed by atoms with van der Waals surface area (Å²) in [6.45, 7) is 2.17. The summed E-state index contributed by atoms with van der Waals surface area (Å²) in [5.41, 5.74) is 2.67. The number of nitrogens with one attached hydrogen (secondary N) is 1. The Kier molecular flexibility index (Phi) is 5.71. The molecule has 0 amide bonds. The molecule has 1 unspecified atom stereocenters. The van der Waals surface area contributed by atoms with E-state index in [0.717, 1.165) is 26.4 Å². The van der Waals surface area contributed by atoms with Gasteiger partial charge < -0.3 is 5.11 Å². The zero-order valence-corrected chi connectivity index (χ0v) is 16.1. The van der Waals surface area contributed by atoms with Crippen molar-refractivity contribution >= 4 is 32.7 Å². The number of aryl methyl sites for hydroxylation is 1. The van der Waals surface area contributed by atoms with E-state index in [4.69, 9.17) is 0 Å². The molecule has 132 valence electrons. The van der Waals surface area contributed by atoms with E-state index in [1.54, 1.807) is 0 Å². The van der Waals surface area contributed by atoms with E-state index in [0.29, 0.717) is 0 Å². The first-order valence-corrected chi connectivity index (χ1v) is 11.2. The van der Waals surface area contributed by atoms with Gasteiger partial charge >= 0.3 is 0 Å². The normalized spacial score (nSPS) is 13.0. The molecule has 0 aliphatic heterocycles. The summed E-state index contributed by atoms with van der Waals surface area (Å²) in [5, 5.41) is 14.2. The fraction of sp³-hybridized carbons (Fsp3) is 0.222. The van der Waals surface area contributed by atoms with E-state index >= 15 is 0 Å². The fourth-order valence-corrected chi connectivity index (χ4v) is 5.32. The Hall–Kier alpha value is -1.51. The summed E-state index contributed by atoms with van der Waals surface area (Å²) in [4.78, 5) is 1.68. The molecule has 2 aromatic heterocycles. The number of aliphatic hydroxyl groups is 1. The molecular weight excluding hydrogens is 374 g/mol. The van der Waals surface area contributed by atoms with Crippen molar-refractivity contribution in [2.75, 3.05) is 0 Å². The van der Waals surface area contributed by atoms with Crippen molar-refractivity contribution in [3.63, 3.8) is 0 Å². The molecule has 4 nitrogen and oxygen atoms in total. The molecular formula is C18H19NO3S3. The summed E-state index contributed by atoms with van der Waals surface area (Å²) in [6, 6.07) is 13.1. The number of hydrogen-bond donors (Lipinski definition) is 2. The van der Waals surface area contributed by atoms with Gasteiger partial charge in [0.2, 0.25) is 10.0 Å². The molecule has 2 heterocycles. The molecule has 1 aromatic carbocycles. The molecule has 0 radical (unpaired) electrons. The highest BCUT2D eigenvalue weighted by atomic mass is 32.2. The van der Waals surface area contributed by atoms with Gasteiger partial charge in [-0.3, -0.25) is 0 Å². The van der Waals surface area contributed by atoms with Gasteiger partial charge in [0, 0.05) is 16.3 Å². The smallest absolute Gasteiger partial charge is 0.216 e. The second-order valence-electron chi connectivity index (χ2n) is 5.83. The van der Waals surface area contributed by atoms with Crippen LogP contribution in [0.4, 0.5) is 0 Å². The predicted molar refractivity (Wildman–Crippen MR) is 103 cm³/mol. The molecule has 0 saturated heterocycles. The van der Waals surface area contributed by atoms with Crippen molar-refractivity contribution in [1.82, 2.24) is 4.72 Å². The maximum absolute atomic E-state index is 12.3. The summed E-state index contributed by atoms with van der Waals surface area (Å²) < 4.78 is 27.1. The number of hydrogen-bond acceptors (Lipinski definition) is 5. The molecule has 25 heavy (non-hydrogen) atoms. The van der Waals surface area contributed by atoms with E-state index in [9.17, 15) is 13.5 Å². The van der Waals surface area contributed by atoms with Crippen LogP contribution in [0.25, 0.3) is 0 Å². The van der Waals surface area contributed by atoms with Crippen molar-refractivity contribution in [2.24, 2.45) is 0 Å². The SMILES string of the molecule is Cc1cccc(CS(=O)(=O)NCc2ccc(C(O)c3ccsc3)s2)c1. The lowest BCUT2D eigenvalue weighted by Gasteiger charge is -2.07. The summed E-state index contributed by atoms with van der Waals surface area (Å²) in [5.74, 6) is -0.0373. The van der Waals surface area contributed by atoms with E-state index in [-0.39, 0.29) is 12.3 Å². The minimum Gasteiger partial charge on any atom is -0.383 e. The lowest BCUT2D eigenvalue weighted by Crippen LogP contribution is -2.24. The Morgan fingerprint density at radius 2 is 2.04 bits per heavy atom. The first-order chi connectivity index (χ1) is 11.9. The molecule has 2 N–H and O–H groups in total. The van der Waals surface area contributed by atoms with Gasteiger partial charge in [-0.15, -0.1) is 11.3 Å². The topological polar surface area (TPSA) is 66.4 Å². The van der Waals surface area contributed by atoms with Crippen molar-refractivity contribution in [1.29, 1.82) is 0 Å². The van der Waals surface area contributed by atoms with Gasteiger partial charge in [-0.25, -0.2) is 13.1 Å². The van der Waals surface area contributed by atoms with Gasteiger partial charge in [-0.2, -0.15) is 11.3 Å². The Labute approximate surface area is 155 Å². The molecule has 0 spiro atoms. The minimum absolute atomic E-state index is 0.0373. The van der Waals surface area contributed by atoms with Crippen LogP contribution >= 0.6 is 22.7 Å². The maximum Gasteiger partial charge on any atom is 0.216 e. The molecule has 0 bridgehead atoms. The van der Waals surface area contributed by atoms with E-state index in [1.807, 2.05) is 60.1 Å². The zero-order chi connectivity index (χ0) is 17.9. The first kappa shape index (κ1) is 18.3. The van der Waals surface area contributed by atoms with Crippen molar-refractivity contribution in [2.45, 2.75) is 25.3 Å². The van der Waals surface area contributed by atoms with Crippen LogP contribution in [0.5, 0.6) is 0 Å². The Bertz CT molecular complexity index is 930. The van der Waals surface area contributed by atoms with Crippen LogP contribution in [-0.4, -0.2) is 13.5 Å². The van der Waals surface area contributed by atoms with Gasteiger partial charge in [0.15, 0.2) is 0 Å². The van der Waals surface area contributed by atoms with Crippen LogP contribution < -0.4 is 4.72 Å². The van der Waals surface area contributed by atoms with Crippen LogP contribution in [0.2, 0.25) is 0 Å². The largest absolute Gasteiger partial charge is 0.383 e. The molecule has 7 heteroatoms. The average molecular weight is 394 g/mol. The van der Waals surface area contributed by atoms with Crippen LogP contribution in [-0.2, 0) is 22.3 Å². The van der Waals surface area contributed by atoms with Crippen molar-refractivity contribution in [3.8, 4) is 0 Å². The van der Waals surface area contributed by atoms with Crippen LogP contribution in [0.1, 0.15) is 32.5 Å². The number of thiophene rings is 2. The first-order valence-electron chi connectivity index (χ1n) is 7.74. The number of sulfonamides is 1. The number of benzene rings is 1. The number of aliphatic hydroxyl groups excluding tert-OH is 1. The minimum atomic E-state index is -3.41. The highest BCUT2D eigenvalue weighted by Crippen LogP contribution is 2.29. The van der Waals surface area contributed by atoms with Gasteiger partial charge in [0.1, 0.15) is 6.10 Å². The van der Waals surface area contributed by atoms with E-state index < -0.39 is 16.1 Å². The molecule has 1 atom stereocenters. The summed E-state index contributed by atoms with van der Waals surface area (Å²) in [7, 11) is -3.41. The van der Waals surface area contributed by atoms with Gasteiger partial charge in [0.05, 0.1) is 5.75 Å². The quantitative estimate of drug-likeness (QED) is 0.641. The van der Waals surface area contributed by atoms with E-state index in [2.05, 4.69) is 4.72 Å². The van der Waals surface area contributed by atoms with Gasteiger partial charge in [0.25, 0.3) is 0 Å². The molecule has 3 aromatic rings. The predicted octanol–water partition coefficient (Wildman–Crippen LogP) is 3.82. The summed E-state index contributed by atoms with van der Waals surface area (Å²) >= 11 is 2.95. The van der Waals surface area contributed by atoms with Gasteiger partial charge in [-0.1, -0.05) is 29.8 Å². The Balaban J connectivity index is 1.61. The van der Waals surface area contributed by atoms with Crippen LogP contribution in [0.3, 0.4) is 0 Å². The fourth-order valence-electron chi connectivity index (χ4n) is 2.48. The van der Waals surface area contributed by atoms with Crippen LogP contribution in [0.15, 0.2) is 53.2 Å². The lowest BCUT2D eigenvalue weighted by atomic mass is 10.2. The second-order valence-corrected chi connectivity index (χ2v) is 9.62. The zero-order valence-electron chi connectivity index (χ0n) is 13.7.